The fourth-order valence-electron chi connectivity index (χ4n) is 4.17. The van der Waals surface area contributed by atoms with Crippen LogP contribution in [0.4, 0.5) is 0 Å². The molecule has 0 aromatic heterocycles. The lowest BCUT2D eigenvalue weighted by Gasteiger charge is -2.23. The van der Waals surface area contributed by atoms with Crippen molar-refractivity contribution < 1.29 is 19.7 Å². The van der Waals surface area contributed by atoms with E-state index in [4.69, 9.17) is 9.84 Å². The summed E-state index contributed by atoms with van der Waals surface area (Å²) in [5, 5.41) is 18.6. The van der Waals surface area contributed by atoms with Gasteiger partial charge in [-0.1, -0.05) is 69.0 Å². The Hall–Kier alpha value is -1.39. The van der Waals surface area contributed by atoms with E-state index in [2.05, 4.69) is 32.9 Å². The topological polar surface area (TPSA) is 66.8 Å². The summed E-state index contributed by atoms with van der Waals surface area (Å²) in [6, 6.07) is 10.3. The number of esters is 1. The van der Waals surface area contributed by atoms with Crippen LogP contribution < -0.4 is 0 Å². The van der Waals surface area contributed by atoms with Crippen molar-refractivity contribution >= 4 is 5.97 Å². The number of unbranched alkanes of at least 4 members (excludes halogenated alkanes) is 1. The lowest BCUT2D eigenvalue weighted by molar-refractivity contribution is -0.148. The third-order valence-corrected chi connectivity index (χ3v) is 5.68. The molecule has 2 aliphatic rings. The van der Waals surface area contributed by atoms with Gasteiger partial charge in [-0.15, -0.1) is 0 Å². The number of rotatable bonds is 5. The summed E-state index contributed by atoms with van der Waals surface area (Å²) in [4.78, 5) is 11.2. The Labute approximate surface area is 171 Å². The molecule has 0 radical (unpaired) electrons. The maximum Gasteiger partial charge on any atom is 0.306 e. The van der Waals surface area contributed by atoms with Gasteiger partial charge in [0.05, 0.1) is 18.6 Å². The highest BCUT2D eigenvalue weighted by Gasteiger charge is 2.56. The van der Waals surface area contributed by atoms with Crippen LogP contribution in [-0.2, 0) is 9.53 Å². The number of benzene rings is 1. The molecule has 1 aromatic rings. The normalized spacial score (nSPS) is 29.0. The lowest BCUT2D eigenvalue weighted by atomic mass is 9.84. The molecule has 1 aromatic carbocycles. The van der Waals surface area contributed by atoms with Gasteiger partial charge in [-0.25, -0.2) is 0 Å². The number of aryl methyl sites for hydroxylation is 1. The Morgan fingerprint density at radius 1 is 1.21 bits per heavy atom. The number of fused-ring (bicyclic) bond motifs is 1. The molecule has 1 saturated heterocycles. The summed E-state index contributed by atoms with van der Waals surface area (Å²) in [5.74, 6) is 0.409. The lowest BCUT2D eigenvalue weighted by Crippen LogP contribution is -2.28. The highest BCUT2D eigenvalue weighted by atomic mass is 16.6. The zero-order chi connectivity index (χ0) is 21.2. The Morgan fingerprint density at radius 2 is 1.86 bits per heavy atom. The van der Waals surface area contributed by atoms with Crippen molar-refractivity contribution in [3.05, 3.63) is 35.9 Å². The minimum atomic E-state index is -0.379. The van der Waals surface area contributed by atoms with Crippen LogP contribution in [0.25, 0.3) is 0 Å². The first-order valence-corrected chi connectivity index (χ1v) is 10.8. The van der Waals surface area contributed by atoms with Gasteiger partial charge in [0, 0.05) is 12.3 Å². The molecule has 4 heteroatoms. The minimum absolute atomic E-state index is 0.0921. The van der Waals surface area contributed by atoms with Gasteiger partial charge in [0.1, 0.15) is 5.60 Å². The van der Waals surface area contributed by atoms with E-state index in [1.54, 1.807) is 0 Å². The molecule has 160 valence electrons. The first-order chi connectivity index (χ1) is 13.2. The first-order valence-electron chi connectivity index (χ1n) is 10.8. The van der Waals surface area contributed by atoms with Crippen LogP contribution in [0.1, 0.15) is 78.2 Å². The summed E-state index contributed by atoms with van der Waals surface area (Å²) in [7, 11) is 0. The summed E-state index contributed by atoms with van der Waals surface area (Å²) < 4.78 is 5.32. The maximum atomic E-state index is 11.2. The molecule has 0 amide bonds. The van der Waals surface area contributed by atoms with Gasteiger partial charge < -0.3 is 14.9 Å². The van der Waals surface area contributed by atoms with E-state index in [1.807, 2.05) is 32.0 Å². The van der Waals surface area contributed by atoms with Gasteiger partial charge in [-0.3, -0.25) is 4.79 Å². The van der Waals surface area contributed by atoms with Crippen LogP contribution in [0, 0.1) is 18.8 Å². The van der Waals surface area contributed by atoms with Crippen molar-refractivity contribution in [2.45, 2.75) is 97.4 Å². The summed E-state index contributed by atoms with van der Waals surface area (Å²) in [6.45, 7) is 10.1. The van der Waals surface area contributed by atoms with Crippen molar-refractivity contribution in [3.8, 4) is 0 Å². The van der Waals surface area contributed by atoms with Gasteiger partial charge in [-0.05, 0) is 39.5 Å². The molecule has 1 heterocycles. The fourth-order valence-corrected chi connectivity index (χ4v) is 4.17. The molecule has 0 bridgehead atoms. The van der Waals surface area contributed by atoms with E-state index < -0.39 is 0 Å². The fraction of sp³-hybridized carbons (Fsp3) is 0.708. The second-order valence-corrected chi connectivity index (χ2v) is 8.47. The van der Waals surface area contributed by atoms with E-state index in [1.165, 1.54) is 12.0 Å². The molecule has 1 saturated carbocycles. The van der Waals surface area contributed by atoms with Crippen LogP contribution in [0.15, 0.2) is 30.3 Å². The Balaban J connectivity index is 0.000000237. The minimum Gasteiger partial charge on any atom is -0.459 e. The van der Waals surface area contributed by atoms with Crippen molar-refractivity contribution in [2.24, 2.45) is 11.8 Å². The Bertz CT molecular complexity index is 557. The highest BCUT2D eigenvalue weighted by molar-refractivity contribution is 5.73. The first kappa shape index (κ1) is 24.6. The molecule has 1 aliphatic heterocycles. The smallest absolute Gasteiger partial charge is 0.306 e. The van der Waals surface area contributed by atoms with E-state index >= 15 is 0 Å². The van der Waals surface area contributed by atoms with E-state index in [9.17, 15) is 9.90 Å². The average molecular weight is 393 g/mol. The number of aliphatic hydroxyl groups is 2. The molecular weight excluding hydrogens is 352 g/mol. The van der Waals surface area contributed by atoms with Crippen molar-refractivity contribution in [2.75, 3.05) is 0 Å². The van der Waals surface area contributed by atoms with E-state index in [-0.39, 0.29) is 35.6 Å². The van der Waals surface area contributed by atoms with Crippen molar-refractivity contribution in [1.82, 2.24) is 0 Å². The summed E-state index contributed by atoms with van der Waals surface area (Å²) >= 11 is 0. The van der Waals surface area contributed by atoms with Crippen LogP contribution in [0.5, 0.6) is 0 Å². The zero-order valence-electron chi connectivity index (χ0n) is 18.4. The SMILES string of the molecule is CCCC[C@@H](C)O.CCC[C@H]1[C@H](O)C[C@]2(C)OC(=O)C[C@H]12.Cc1ccccc1. The molecule has 1 aliphatic carbocycles. The van der Waals surface area contributed by atoms with Gasteiger partial charge in [0.2, 0.25) is 0 Å². The second-order valence-electron chi connectivity index (χ2n) is 8.47. The average Bonchev–Trinajstić information content (AvgIpc) is 3.04. The largest absolute Gasteiger partial charge is 0.459 e. The molecule has 2 N–H and O–H groups in total. The number of ether oxygens (including phenoxy) is 1. The van der Waals surface area contributed by atoms with Gasteiger partial charge >= 0.3 is 5.97 Å². The monoisotopic (exact) mass is 392 g/mol. The van der Waals surface area contributed by atoms with Gasteiger partial charge in [0.15, 0.2) is 0 Å². The van der Waals surface area contributed by atoms with Crippen LogP contribution in [-0.4, -0.2) is 34.0 Å². The third-order valence-electron chi connectivity index (χ3n) is 5.68. The van der Waals surface area contributed by atoms with E-state index in [0.717, 1.165) is 25.7 Å². The van der Waals surface area contributed by atoms with E-state index in [0.29, 0.717) is 12.8 Å². The number of aliphatic hydroxyl groups excluding tert-OH is 2. The third kappa shape index (κ3) is 7.92. The Morgan fingerprint density at radius 3 is 2.29 bits per heavy atom. The highest BCUT2D eigenvalue weighted by Crippen LogP contribution is 2.50. The quantitative estimate of drug-likeness (QED) is 0.689. The van der Waals surface area contributed by atoms with Crippen molar-refractivity contribution in [3.63, 3.8) is 0 Å². The molecule has 2 fully saturated rings. The molecule has 4 nitrogen and oxygen atoms in total. The molecule has 5 atom stereocenters. The molecular formula is C24H40O4. The summed E-state index contributed by atoms with van der Waals surface area (Å²) in [6.07, 6.45) is 6.09. The van der Waals surface area contributed by atoms with Crippen LogP contribution in [0.2, 0.25) is 0 Å². The zero-order valence-corrected chi connectivity index (χ0v) is 18.4. The van der Waals surface area contributed by atoms with Gasteiger partial charge in [0.25, 0.3) is 0 Å². The predicted octanol–water partition coefficient (Wildman–Crippen LogP) is 5.04. The molecule has 0 spiro atoms. The number of carbonyl (C=O) groups is 1. The second kappa shape index (κ2) is 12.2. The molecule has 3 rings (SSSR count). The Kier molecular flexibility index (Phi) is 10.8. The van der Waals surface area contributed by atoms with Gasteiger partial charge in [-0.2, -0.15) is 0 Å². The molecule has 0 unspecified atom stereocenters. The standard InChI is InChI=1S/C11H18O3.C7H8.C6H14O/c1-3-4-7-8-5-10(13)14-11(8,2)6-9(7)12;1-7-5-3-2-4-6-7;1-3-4-5-6(2)7/h7-9,12H,3-6H2,1-2H3;2-6H,1H3;6-7H,3-5H2,1-2H3/t7-,8-,9-,11+;;6-/m1.1/s1. The van der Waals surface area contributed by atoms with Crippen LogP contribution in [0.3, 0.4) is 0 Å². The maximum absolute atomic E-state index is 11.2. The van der Waals surface area contributed by atoms with Crippen LogP contribution >= 0.6 is 0 Å². The van der Waals surface area contributed by atoms with Crippen molar-refractivity contribution in [1.29, 1.82) is 0 Å². The number of hydrogen-bond acceptors (Lipinski definition) is 4. The predicted molar refractivity (Wildman–Crippen MR) is 114 cm³/mol. The number of carbonyl (C=O) groups excluding carboxylic acids is 1. The summed E-state index contributed by atoms with van der Waals surface area (Å²) in [5.41, 5.74) is 0.943. The molecule has 28 heavy (non-hydrogen) atoms. The number of hydrogen-bond donors (Lipinski definition) is 2.